The van der Waals surface area contributed by atoms with Gasteiger partial charge in [0.15, 0.2) is 0 Å². The summed E-state index contributed by atoms with van der Waals surface area (Å²) >= 11 is 1.24. The minimum Gasteiger partial charge on any atom is -0.352 e. The minimum absolute atomic E-state index is 0.0895. The number of nitrogens with zero attached hydrogens (tertiary/aromatic N) is 3. The number of hydrogen-bond donors (Lipinski definition) is 2. The zero-order chi connectivity index (χ0) is 20.6. The zero-order valence-corrected chi connectivity index (χ0v) is 17.9. The Morgan fingerprint density at radius 1 is 1.17 bits per heavy atom. The second-order valence-electron chi connectivity index (χ2n) is 7.36. The molecule has 2 N–H and O–H groups in total. The molecule has 1 atom stereocenters. The van der Waals surface area contributed by atoms with E-state index in [1.54, 1.807) is 31.2 Å². The van der Waals surface area contributed by atoms with Crippen LogP contribution in [0.3, 0.4) is 0 Å². The molecular weight excluding hydrogens is 386 g/mol. The highest BCUT2D eigenvalue weighted by molar-refractivity contribution is 7.13. The summed E-state index contributed by atoms with van der Waals surface area (Å²) in [5, 5.41) is 14.5. The van der Waals surface area contributed by atoms with Crippen LogP contribution in [0.2, 0.25) is 0 Å². The third kappa shape index (κ3) is 6.08. The average molecular weight is 416 g/mol. The number of nitrogens with one attached hydrogen (secondary N) is 2. The number of rotatable bonds is 8. The van der Waals surface area contributed by atoms with Crippen LogP contribution in [-0.4, -0.2) is 52.6 Å². The topological polar surface area (TPSA) is 87.2 Å². The molecule has 0 saturated carbocycles. The molecule has 0 bridgehead atoms. The van der Waals surface area contributed by atoms with Gasteiger partial charge in [0.1, 0.15) is 5.01 Å². The Balaban J connectivity index is 1.42. The molecule has 1 aromatic heterocycles. The molecule has 0 radical (unpaired) electrons. The summed E-state index contributed by atoms with van der Waals surface area (Å²) < 4.78 is 0. The van der Waals surface area contributed by atoms with Gasteiger partial charge in [0.2, 0.25) is 5.01 Å². The number of benzene rings is 1. The van der Waals surface area contributed by atoms with Crippen LogP contribution < -0.4 is 10.6 Å². The third-order valence-electron chi connectivity index (χ3n) is 5.25. The van der Waals surface area contributed by atoms with E-state index in [9.17, 15) is 9.59 Å². The van der Waals surface area contributed by atoms with Crippen molar-refractivity contribution in [3.63, 3.8) is 0 Å². The predicted octanol–water partition coefficient (Wildman–Crippen LogP) is 3.48. The van der Waals surface area contributed by atoms with Crippen LogP contribution >= 0.6 is 11.3 Å². The van der Waals surface area contributed by atoms with Crippen molar-refractivity contribution < 1.29 is 9.59 Å². The predicted molar refractivity (Wildman–Crippen MR) is 115 cm³/mol. The number of hydrogen-bond acceptors (Lipinski definition) is 6. The molecule has 1 aliphatic rings. The summed E-state index contributed by atoms with van der Waals surface area (Å²) in [5.74, 6) is -0.385. The molecule has 2 heterocycles. The lowest BCUT2D eigenvalue weighted by Crippen LogP contribution is -2.40. The van der Waals surface area contributed by atoms with Gasteiger partial charge in [0.05, 0.1) is 0 Å². The van der Waals surface area contributed by atoms with Crippen molar-refractivity contribution >= 4 is 28.8 Å². The number of likely N-dealkylation sites (tertiary alicyclic amines) is 1. The Morgan fingerprint density at radius 3 is 2.66 bits per heavy atom. The van der Waals surface area contributed by atoms with Gasteiger partial charge in [-0.1, -0.05) is 24.7 Å². The molecular formula is C21H29N5O2S. The summed E-state index contributed by atoms with van der Waals surface area (Å²) in [5.41, 5.74) is 1.20. The van der Waals surface area contributed by atoms with Crippen LogP contribution in [0.15, 0.2) is 24.3 Å². The lowest BCUT2D eigenvalue weighted by molar-refractivity contribution is 0.0946. The van der Waals surface area contributed by atoms with Crippen molar-refractivity contribution in [1.82, 2.24) is 20.4 Å². The number of anilines is 1. The van der Waals surface area contributed by atoms with Gasteiger partial charge >= 0.3 is 0 Å². The van der Waals surface area contributed by atoms with Gasteiger partial charge in [-0.15, -0.1) is 10.2 Å². The van der Waals surface area contributed by atoms with Crippen LogP contribution in [0.5, 0.6) is 0 Å². The summed E-state index contributed by atoms with van der Waals surface area (Å²) in [6.45, 7) is 6.94. The van der Waals surface area contributed by atoms with Gasteiger partial charge in [0.25, 0.3) is 11.8 Å². The fourth-order valence-electron chi connectivity index (χ4n) is 3.68. The maximum absolute atomic E-state index is 12.3. The van der Waals surface area contributed by atoms with Crippen molar-refractivity contribution in [2.75, 3.05) is 25.0 Å². The van der Waals surface area contributed by atoms with E-state index >= 15 is 0 Å². The Kier molecular flexibility index (Phi) is 7.71. The Hall–Kier alpha value is -2.32. The lowest BCUT2D eigenvalue weighted by atomic mass is 10.00. The molecule has 29 heavy (non-hydrogen) atoms. The average Bonchev–Trinajstić information content (AvgIpc) is 3.18. The first-order chi connectivity index (χ1) is 14.1. The quantitative estimate of drug-likeness (QED) is 0.645. The molecule has 1 fully saturated rings. The van der Waals surface area contributed by atoms with Crippen LogP contribution in [0.1, 0.15) is 64.2 Å². The fourth-order valence-corrected chi connectivity index (χ4v) is 4.27. The van der Waals surface area contributed by atoms with Crippen LogP contribution in [0.4, 0.5) is 5.69 Å². The van der Waals surface area contributed by atoms with Crippen LogP contribution in [0.25, 0.3) is 0 Å². The van der Waals surface area contributed by atoms with E-state index in [1.165, 1.54) is 43.6 Å². The molecule has 0 spiro atoms. The Labute approximate surface area is 175 Å². The third-order valence-corrected chi connectivity index (χ3v) is 6.09. The first-order valence-electron chi connectivity index (χ1n) is 10.3. The maximum Gasteiger partial charge on any atom is 0.286 e. The Morgan fingerprint density at radius 2 is 1.97 bits per heavy atom. The highest BCUT2D eigenvalue weighted by atomic mass is 32.1. The SMILES string of the molecule is CC[C@H]1CCCCN1CCCNC(=O)c1ccc(NC(=O)c2nnc(C)s2)cc1. The maximum atomic E-state index is 12.3. The minimum atomic E-state index is -0.295. The first kappa shape index (κ1) is 21.4. The lowest BCUT2D eigenvalue weighted by Gasteiger charge is -2.35. The number of amides is 2. The number of piperidine rings is 1. The van der Waals surface area contributed by atoms with E-state index in [-0.39, 0.29) is 11.8 Å². The van der Waals surface area contributed by atoms with E-state index in [0.29, 0.717) is 28.8 Å². The van der Waals surface area contributed by atoms with Crippen molar-refractivity contribution in [1.29, 1.82) is 0 Å². The molecule has 1 aliphatic heterocycles. The number of carbonyl (C=O) groups excluding carboxylic acids is 2. The summed E-state index contributed by atoms with van der Waals surface area (Å²) in [7, 11) is 0. The monoisotopic (exact) mass is 415 g/mol. The standard InChI is InChI=1S/C21H29N5O2S/c1-3-18-7-4-5-13-26(18)14-6-12-22-19(27)16-8-10-17(11-9-16)23-20(28)21-25-24-15(2)29-21/h8-11,18H,3-7,12-14H2,1-2H3,(H,22,27)(H,23,28)/t18-/m0/s1. The van der Waals surface area contributed by atoms with Gasteiger partial charge in [-0.25, -0.2) is 0 Å². The van der Waals surface area contributed by atoms with E-state index in [0.717, 1.165) is 18.0 Å². The molecule has 0 aliphatic carbocycles. The van der Waals surface area contributed by atoms with Crippen LogP contribution in [0, 0.1) is 6.92 Å². The first-order valence-corrected chi connectivity index (χ1v) is 11.1. The molecule has 2 aromatic rings. The molecule has 8 heteroatoms. The molecule has 156 valence electrons. The summed E-state index contributed by atoms with van der Waals surface area (Å²) in [6, 6.07) is 7.58. The van der Waals surface area contributed by atoms with Crippen molar-refractivity contribution in [2.45, 2.75) is 52.0 Å². The zero-order valence-electron chi connectivity index (χ0n) is 17.1. The van der Waals surface area contributed by atoms with Gasteiger partial charge in [0, 0.05) is 30.4 Å². The van der Waals surface area contributed by atoms with Crippen molar-refractivity contribution in [3.05, 3.63) is 39.8 Å². The highest BCUT2D eigenvalue weighted by Crippen LogP contribution is 2.19. The summed E-state index contributed by atoms with van der Waals surface area (Å²) in [6.07, 6.45) is 6.07. The summed E-state index contributed by atoms with van der Waals surface area (Å²) in [4.78, 5) is 27.0. The molecule has 1 aromatic carbocycles. The normalized spacial score (nSPS) is 17.1. The second kappa shape index (κ2) is 10.5. The molecule has 3 rings (SSSR count). The van der Waals surface area contributed by atoms with E-state index in [2.05, 4.69) is 32.7 Å². The van der Waals surface area contributed by atoms with Gasteiger partial charge in [-0.3, -0.25) is 9.59 Å². The molecule has 1 saturated heterocycles. The largest absolute Gasteiger partial charge is 0.352 e. The van der Waals surface area contributed by atoms with Crippen LogP contribution in [-0.2, 0) is 0 Å². The molecule has 0 unspecified atom stereocenters. The fraction of sp³-hybridized carbons (Fsp3) is 0.524. The van der Waals surface area contributed by atoms with E-state index < -0.39 is 0 Å². The highest BCUT2D eigenvalue weighted by Gasteiger charge is 2.20. The number of aryl methyl sites for hydroxylation is 1. The number of carbonyl (C=O) groups is 2. The second-order valence-corrected chi connectivity index (χ2v) is 8.54. The molecule has 2 amide bonds. The van der Waals surface area contributed by atoms with Gasteiger partial charge in [-0.05, 0) is 63.4 Å². The van der Waals surface area contributed by atoms with E-state index in [4.69, 9.17) is 0 Å². The Bertz CT molecular complexity index is 821. The van der Waals surface area contributed by atoms with E-state index in [1.807, 2.05) is 0 Å². The number of aromatic nitrogens is 2. The molecule has 7 nitrogen and oxygen atoms in total. The smallest absolute Gasteiger partial charge is 0.286 e. The van der Waals surface area contributed by atoms with Crippen molar-refractivity contribution in [2.24, 2.45) is 0 Å². The van der Waals surface area contributed by atoms with Gasteiger partial charge < -0.3 is 15.5 Å². The van der Waals surface area contributed by atoms with Gasteiger partial charge in [-0.2, -0.15) is 0 Å². The van der Waals surface area contributed by atoms with Crippen molar-refractivity contribution in [3.8, 4) is 0 Å².